The van der Waals surface area contributed by atoms with Crippen molar-refractivity contribution in [2.75, 3.05) is 13.2 Å². The number of allylic oxidation sites excluding steroid dienone is 4. The summed E-state index contributed by atoms with van der Waals surface area (Å²) in [7, 11) is -5.13. The Labute approximate surface area is 445 Å². The second-order valence-corrected chi connectivity index (χ2v) is 22.6. The van der Waals surface area contributed by atoms with Gasteiger partial charge in [-0.25, -0.2) is 4.57 Å². The number of phosphoric acid groups is 1. The lowest BCUT2D eigenvalue weighted by Crippen LogP contribution is -2.64. The van der Waals surface area contributed by atoms with E-state index in [0.29, 0.717) is 12.8 Å². The minimum absolute atomic E-state index is 0.0987. The number of unbranched alkanes of at least 4 members (excludes halogenated alkanes) is 36. The fourth-order valence-corrected chi connectivity index (χ4v) is 10.4. The number of esters is 2. The lowest BCUT2D eigenvalue weighted by atomic mass is 9.85. The highest BCUT2D eigenvalue weighted by molar-refractivity contribution is 7.47. The number of carbonyl (C=O) groups is 2. The molecule has 1 aliphatic rings. The Morgan fingerprint density at radius 1 is 0.411 bits per heavy atom. The summed E-state index contributed by atoms with van der Waals surface area (Å²) < 4.78 is 33.8. The molecule has 0 aromatic heterocycles. The molecule has 13 nitrogen and oxygen atoms in total. The largest absolute Gasteiger partial charge is 0.472 e. The van der Waals surface area contributed by atoms with Gasteiger partial charge in [0, 0.05) is 12.8 Å². The molecule has 1 rings (SSSR count). The number of ether oxygens (including phenoxy) is 2. The minimum atomic E-state index is -5.13. The fourth-order valence-electron chi connectivity index (χ4n) is 9.46. The second-order valence-electron chi connectivity index (χ2n) is 21.2. The summed E-state index contributed by atoms with van der Waals surface area (Å²) in [6, 6.07) is 0. The summed E-state index contributed by atoms with van der Waals surface area (Å²) in [6.45, 7) is 3.36. The van der Waals surface area contributed by atoms with Crippen LogP contribution in [0.3, 0.4) is 0 Å². The van der Waals surface area contributed by atoms with Crippen LogP contribution in [0, 0.1) is 0 Å². The molecule has 0 radical (unpaired) electrons. The van der Waals surface area contributed by atoms with E-state index in [9.17, 15) is 44.6 Å². The molecule has 0 bridgehead atoms. The maximum Gasteiger partial charge on any atom is 0.472 e. The van der Waals surface area contributed by atoms with Crippen LogP contribution in [0.5, 0.6) is 0 Å². The molecule has 0 spiro atoms. The van der Waals surface area contributed by atoms with Gasteiger partial charge in [-0.2, -0.15) is 0 Å². The molecule has 6 atom stereocenters. The smallest absolute Gasteiger partial charge is 0.462 e. The number of hydrogen-bond acceptors (Lipinski definition) is 12. The number of carbonyl (C=O) groups excluding carboxylic acids is 2. The topological polar surface area (TPSA) is 210 Å². The highest BCUT2D eigenvalue weighted by atomic mass is 31.2. The van der Waals surface area contributed by atoms with E-state index >= 15 is 0 Å². The quantitative estimate of drug-likeness (QED) is 0.0145. The third-order valence-electron chi connectivity index (χ3n) is 14.3. The van der Waals surface area contributed by atoms with Gasteiger partial charge < -0.3 is 39.9 Å². The summed E-state index contributed by atoms with van der Waals surface area (Å²) in [5.41, 5.74) is 0. The molecule has 0 amide bonds. The Bertz CT molecular complexity index is 1360. The predicted molar refractivity (Wildman–Crippen MR) is 295 cm³/mol. The van der Waals surface area contributed by atoms with Crippen LogP contribution >= 0.6 is 7.82 Å². The molecule has 1 aliphatic carbocycles. The molecule has 0 saturated heterocycles. The van der Waals surface area contributed by atoms with E-state index < -0.39 is 75.7 Å². The summed E-state index contributed by atoms with van der Waals surface area (Å²) in [6.07, 6.45) is 45.1. The van der Waals surface area contributed by atoms with Crippen molar-refractivity contribution in [2.45, 2.75) is 326 Å². The van der Waals surface area contributed by atoms with E-state index in [1.807, 2.05) is 0 Å². The van der Waals surface area contributed by atoms with Crippen LogP contribution < -0.4 is 0 Å². The van der Waals surface area contributed by atoms with Gasteiger partial charge in [-0.3, -0.25) is 18.6 Å². The number of rotatable bonds is 52. The van der Waals surface area contributed by atoms with Gasteiger partial charge in [-0.1, -0.05) is 231 Å². The Hall–Kier alpha value is -1.67. The average molecular weight is 1060 g/mol. The van der Waals surface area contributed by atoms with Crippen molar-refractivity contribution in [3.8, 4) is 0 Å². The molecular weight excluding hydrogens is 948 g/mol. The highest BCUT2D eigenvalue weighted by Gasteiger charge is 2.51. The highest BCUT2D eigenvalue weighted by Crippen LogP contribution is 2.47. The zero-order valence-electron chi connectivity index (χ0n) is 46.5. The van der Waals surface area contributed by atoms with E-state index in [1.54, 1.807) is 0 Å². The lowest BCUT2D eigenvalue weighted by Gasteiger charge is -2.41. The molecule has 1 saturated carbocycles. The SMILES string of the molecule is CCCCCCCCCC/C=C\CCCCCCCCCCCCCC(=O)OC(COC(=O)CCCCCCCCCCC/C=C\CCCCCCCCCC)COP(=O)(O)OC1C(O)C(O)C(O)C(O)C1O. The second kappa shape index (κ2) is 48.7. The molecule has 6 unspecified atom stereocenters. The first-order valence-corrected chi connectivity index (χ1v) is 31.6. The summed E-state index contributed by atoms with van der Waals surface area (Å²) in [4.78, 5) is 36.0. The summed E-state index contributed by atoms with van der Waals surface area (Å²) in [5, 5.41) is 50.4. The van der Waals surface area contributed by atoms with Crippen LogP contribution in [0.4, 0.5) is 0 Å². The third kappa shape index (κ3) is 40.2. The van der Waals surface area contributed by atoms with Crippen LogP contribution in [-0.2, 0) is 32.7 Å². The average Bonchev–Trinajstić information content (AvgIpc) is 3.37. The first kappa shape index (κ1) is 69.3. The van der Waals surface area contributed by atoms with E-state index in [4.69, 9.17) is 18.5 Å². The Kier molecular flexibility index (Phi) is 46.2. The molecule has 73 heavy (non-hydrogen) atoms. The zero-order valence-corrected chi connectivity index (χ0v) is 47.3. The number of hydrogen-bond donors (Lipinski definition) is 6. The Balaban J connectivity index is 2.31. The van der Waals surface area contributed by atoms with Crippen LogP contribution in [-0.4, -0.2) is 98.3 Å². The first-order valence-electron chi connectivity index (χ1n) is 30.1. The molecule has 0 aromatic carbocycles. The molecule has 1 fully saturated rings. The van der Waals surface area contributed by atoms with Crippen LogP contribution in [0.2, 0.25) is 0 Å². The molecule has 0 aliphatic heterocycles. The van der Waals surface area contributed by atoms with E-state index in [1.165, 1.54) is 199 Å². The fraction of sp³-hybridized carbons (Fsp3) is 0.898. The standard InChI is InChI=1S/C59H111O13P/c1-3-5-7-9-11-13-15-17-19-21-23-25-26-28-30-32-34-36-38-40-42-44-46-48-53(61)71-51(50-70-73(67,68)72-59-57(65)55(63)54(62)56(64)58(59)66)49-69-52(60)47-45-43-41-39-37-35-33-31-29-27-24-22-20-18-16-14-12-10-8-6-4-2/h21-24,51,54-59,62-66H,3-20,25-50H2,1-2H3,(H,67,68)/b23-21-,24-22-. The van der Waals surface area contributed by atoms with Gasteiger partial charge in [0.15, 0.2) is 6.10 Å². The normalized spacial score (nSPS) is 20.5. The molecule has 0 heterocycles. The Morgan fingerprint density at radius 2 is 0.699 bits per heavy atom. The van der Waals surface area contributed by atoms with Gasteiger partial charge in [-0.05, 0) is 64.2 Å². The monoisotopic (exact) mass is 1060 g/mol. The van der Waals surface area contributed by atoms with Gasteiger partial charge in [0.2, 0.25) is 0 Å². The third-order valence-corrected chi connectivity index (χ3v) is 15.3. The summed E-state index contributed by atoms with van der Waals surface area (Å²) in [5.74, 6) is -1.09. The predicted octanol–water partition coefficient (Wildman–Crippen LogP) is 14.3. The van der Waals surface area contributed by atoms with Gasteiger partial charge >= 0.3 is 19.8 Å². The number of aliphatic hydroxyl groups excluding tert-OH is 5. The van der Waals surface area contributed by atoms with Crippen LogP contribution in [0.1, 0.15) is 284 Å². The van der Waals surface area contributed by atoms with E-state index in [-0.39, 0.29) is 12.8 Å². The van der Waals surface area contributed by atoms with Crippen LogP contribution in [0.25, 0.3) is 0 Å². The number of aliphatic hydroxyl groups is 5. The van der Waals surface area contributed by atoms with E-state index in [0.717, 1.165) is 44.9 Å². The first-order chi connectivity index (χ1) is 35.4. The van der Waals surface area contributed by atoms with Crippen LogP contribution in [0.15, 0.2) is 24.3 Å². The van der Waals surface area contributed by atoms with Crippen molar-refractivity contribution in [1.29, 1.82) is 0 Å². The van der Waals surface area contributed by atoms with Crippen molar-refractivity contribution >= 4 is 19.8 Å². The molecular formula is C59H111O13P. The molecule has 6 N–H and O–H groups in total. The van der Waals surface area contributed by atoms with Gasteiger partial charge in [0.1, 0.15) is 43.2 Å². The van der Waals surface area contributed by atoms with Crippen molar-refractivity contribution in [1.82, 2.24) is 0 Å². The van der Waals surface area contributed by atoms with Crippen molar-refractivity contribution in [2.24, 2.45) is 0 Å². The zero-order chi connectivity index (χ0) is 53.5. The van der Waals surface area contributed by atoms with Gasteiger partial charge in [0.05, 0.1) is 6.61 Å². The number of phosphoric ester groups is 1. The van der Waals surface area contributed by atoms with Gasteiger partial charge in [-0.15, -0.1) is 0 Å². The minimum Gasteiger partial charge on any atom is -0.462 e. The van der Waals surface area contributed by atoms with Crippen molar-refractivity contribution in [3.63, 3.8) is 0 Å². The molecule has 14 heteroatoms. The Morgan fingerprint density at radius 3 is 1.04 bits per heavy atom. The van der Waals surface area contributed by atoms with E-state index in [2.05, 4.69) is 38.2 Å². The maximum absolute atomic E-state index is 12.9. The summed E-state index contributed by atoms with van der Waals surface area (Å²) >= 11 is 0. The molecule has 430 valence electrons. The van der Waals surface area contributed by atoms with Crippen molar-refractivity contribution in [3.05, 3.63) is 24.3 Å². The van der Waals surface area contributed by atoms with Crippen molar-refractivity contribution < 1.29 is 63.1 Å². The molecule has 0 aromatic rings. The maximum atomic E-state index is 12.9. The lowest BCUT2D eigenvalue weighted by molar-refractivity contribution is -0.220. The van der Waals surface area contributed by atoms with Gasteiger partial charge in [0.25, 0.3) is 0 Å².